The number of nitrogens with one attached hydrogen (secondary N) is 1. The Balaban J connectivity index is 1.37. The van der Waals surface area contributed by atoms with Crippen LogP contribution in [0.25, 0.3) is 0 Å². The molecule has 0 unspecified atom stereocenters. The van der Waals surface area contributed by atoms with Gasteiger partial charge in [0.25, 0.3) is 15.9 Å². The highest BCUT2D eigenvalue weighted by molar-refractivity contribution is 7.99. The molecule has 9 heteroatoms. The summed E-state index contributed by atoms with van der Waals surface area (Å²) < 4.78 is 32.8. The summed E-state index contributed by atoms with van der Waals surface area (Å²) in [5.41, 5.74) is 2.43. The van der Waals surface area contributed by atoms with Crippen LogP contribution in [0.15, 0.2) is 82.6 Å². The largest absolute Gasteiger partial charge is 0.452 e. The van der Waals surface area contributed by atoms with E-state index in [1.165, 1.54) is 24.3 Å². The number of thioether (sulfide) groups is 1. The molecule has 170 valence electrons. The van der Waals surface area contributed by atoms with Crippen LogP contribution in [-0.2, 0) is 19.6 Å². The summed E-state index contributed by atoms with van der Waals surface area (Å²) in [6, 6.07) is 19.9. The van der Waals surface area contributed by atoms with Crippen LogP contribution in [0.2, 0.25) is 0 Å². The topological polar surface area (TPSA) is 92.8 Å². The molecular weight excluding hydrogens is 460 g/mol. The Labute approximate surface area is 196 Å². The number of anilines is 2. The summed E-state index contributed by atoms with van der Waals surface area (Å²) in [7, 11) is -3.80. The van der Waals surface area contributed by atoms with Crippen molar-refractivity contribution < 1.29 is 22.7 Å². The average Bonchev–Trinajstić information content (AvgIpc) is 2.83. The molecule has 1 heterocycles. The molecule has 0 radical (unpaired) electrons. The fourth-order valence-corrected chi connectivity index (χ4v) is 5.38. The molecule has 0 bridgehead atoms. The van der Waals surface area contributed by atoms with Gasteiger partial charge >= 0.3 is 5.97 Å². The number of nitrogens with zero attached hydrogens (tertiary/aromatic N) is 1. The zero-order valence-corrected chi connectivity index (χ0v) is 19.5. The number of esters is 1. The van der Waals surface area contributed by atoms with Crippen LogP contribution in [0.1, 0.15) is 15.9 Å². The maximum absolute atomic E-state index is 12.6. The molecule has 0 spiro atoms. The third kappa shape index (κ3) is 5.37. The van der Waals surface area contributed by atoms with Crippen LogP contribution in [0.3, 0.4) is 0 Å². The summed E-state index contributed by atoms with van der Waals surface area (Å²) >= 11 is 1.68. The van der Waals surface area contributed by atoms with Gasteiger partial charge in [-0.25, -0.2) is 13.2 Å². The summed E-state index contributed by atoms with van der Waals surface area (Å²) in [6.07, 6.45) is 0. The molecular formula is C24H22N2O5S2. The minimum atomic E-state index is -3.80. The lowest BCUT2D eigenvalue weighted by Crippen LogP contribution is -2.38. The quantitative estimate of drug-likeness (QED) is 0.532. The molecule has 1 N–H and O–H groups in total. The molecule has 1 aliphatic rings. The lowest BCUT2D eigenvalue weighted by atomic mass is 10.2. The highest BCUT2D eigenvalue weighted by atomic mass is 32.2. The summed E-state index contributed by atoms with van der Waals surface area (Å²) in [5, 5.41) is 0. The number of para-hydroxylation sites is 1. The number of rotatable bonds is 6. The molecule has 1 amide bonds. The Kier molecular flexibility index (Phi) is 6.71. The minimum absolute atomic E-state index is 0.0122. The smallest absolute Gasteiger partial charge is 0.338 e. The van der Waals surface area contributed by atoms with E-state index < -0.39 is 22.6 Å². The van der Waals surface area contributed by atoms with E-state index in [1.54, 1.807) is 40.9 Å². The fraction of sp³-hybridized carbons (Fsp3) is 0.167. The van der Waals surface area contributed by atoms with Crippen molar-refractivity contribution in [3.8, 4) is 0 Å². The predicted octanol–water partition coefficient (Wildman–Crippen LogP) is 4.09. The molecule has 0 aliphatic carbocycles. The summed E-state index contributed by atoms with van der Waals surface area (Å²) in [5.74, 6) is -0.237. The van der Waals surface area contributed by atoms with E-state index in [0.717, 1.165) is 21.9 Å². The first-order valence-electron chi connectivity index (χ1n) is 10.2. The molecule has 4 rings (SSSR count). The first kappa shape index (κ1) is 22.9. The second-order valence-electron chi connectivity index (χ2n) is 7.43. The first-order valence-corrected chi connectivity index (χ1v) is 12.7. The van der Waals surface area contributed by atoms with Gasteiger partial charge in [-0.3, -0.25) is 9.52 Å². The van der Waals surface area contributed by atoms with Crippen LogP contribution in [-0.4, -0.2) is 39.2 Å². The van der Waals surface area contributed by atoms with E-state index >= 15 is 0 Å². The number of sulfonamides is 1. The highest BCUT2D eigenvalue weighted by Gasteiger charge is 2.24. The van der Waals surface area contributed by atoms with Crippen molar-refractivity contribution in [2.75, 3.05) is 28.5 Å². The second-order valence-corrected chi connectivity index (χ2v) is 10.3. The molecule has 1 aliphatic heterocycles. The molecule has 0 fully saturated rings. The van der Waals surface area contributed by atoms with Crippen molar-refractivity contribution in [2.24, 2.45) is 0 Å². The molecule has 0 saturated heterocycles. The van der Waals surface area contributed by atoms with E-state index in [9.17, 15) is 18.0 Å². The number of amides is 1. The van der Waals surface area contributed by atoms with Gasteiger partial charge in [-0.1, -0.05) is 29.8 Å². The van der Waals surface area contributed by atoms with Crippen LogP contribution < -0.4 is 9.62 Å². The van der Waals surface area contributed by atoms with Crippen molar-refractivity contribution >= 4 is 45.0 Å². The van der Waals surface area contributed by atoms with Crippen LogP contribution in [0.5, 0.6) is 0 Å². The SMILES string of the molecule is Cc1ccc(NS(=O)(=O)c2ccc(C(=O)OCC(=O)N3CCSc4ccccc43)cc2)cc1. The highest BCUT2D eigenvalue weighted by Crippen LogP contribution is 2.34. The zero-order valence-electron chi connectivity index (χ0n) is 17.9. The molecule has 33 heavy (non-hydrogen) atoms. The minimum Gasteiger partial charge on any atom is -0.452 e. The van der Waals surface area contributed by atoms with E-state index in [-0.39, 0.29) is 16.4 Å². The van der Waals surface area contributed by atoms with E-state index in [0.29, 0.717) is 12.2 Å². The van der Waals surface area contributed by atoms with Gasteiger partial charge in [0.15, 0.2) is 6.61 Å². The van der Waals surface area contributed by atoms with E-state index in [2.05, 4.69) is 4.72 Å². The maximum Gasteiger partial charge on any atom is 0.338 e. The van der Waals surface area contributed by atoms with Gasteiger partial charge in [0.05, 0.1) is 16.1 Å². The average molecular weight is 483 g/mol. The van der Waals surface area contributed by atoms with Gasteiger partial charge in [0, 0.05) is 22.9 Å². The van der Waals surface area contributed by atoms with Crippen molar-refractivity contribution in [1.29, 1.82) is 0 Å². The normalized spacial score (nSPS) is 13.2. The third-order valence-electron chi connectivity index (χ3n) is 5.06. The Hall–Kier alpha value is -3.30. The Morgan fingerprint density at radius 2 is 1.70 bits per heavy atom. The van der Waals surface area contributed by atoms with Gasteiger partial charge in [0.2, 0.25) is 0 Å². The van der Waals surface area contributed by atoms with Crippen molar-refractivity contribution in [1.82, 2.24) is 0 Å². The van der Waals surface area contributed by atoms with Gasteiger partial charge in [-0.15, -0.1) is 11.8 Å². The molecule has 7 nitrogen and oxygen atoms in total. The molecule has 3 aromatic rings. The van der Waals surface area contributed by atoms with Crippen LogP contribution >= 0.6 is 11.8 Å². The number of fused-ring (bicyclic) bond motifs is 1. The van der Waals surface area contributed by atoms with Crippen molar-refractivity contribution in [3.63, 3.8) is 0 Å². The number of benzene rings is 3. The molecule has 0 aromatic heterocycles. The van der Waals surface area contributed by atoms with Gasteiger partial charge in [-0.2, -0.15) is 0 Å². The molecule has 0 atom stereocenters. The first-order chi connectivity index (χ1) is 15.8. The monoisotopic (exact) mass is 482 g/mol. The van der Waals surface area contributed by atoms with Crippen LogP contribution in [0.4, 0.5) is 11.4 Å². The standard InChI is InChI=1S/C24H22N2O5S2/c1-17-6-10-19(11-7-17)25-33(29,30)20-12-8-18(9-13-20)24(28)31-16-23(27)26-14-15-32-22-5-3-2-4-21(22)26/h2-13,25H,14-16H2,1H3. The number of carbonyl (C=O) groups is 2. The third-order valence-corrected chi connectivity index (χ3v) is 7.50. The van der Waals surface area contributed by atoms with Crippen molar-refractivity contribution in [2.45, 2.75) is 16.7 Å². The lowest BCUT2D eigenvalue weighted by molar-refractivity contribution is -0.121. The zero-order chi connectivity index (χ0) is 23.4. The van der Waals surface area contributed by atoms with Gasteiger partial charge in [0.1, 0.15) is 0 Å². The van der Waals surface area contributed by atoms with Crippen molar-refractivity contribution in [3.05, 3.63) is 83.9 Å². The Bertz CT molecular complexity index is 1270. The summed E-state index contributed by atoms with van der Waals surface area (Å²) in [4.78, 5) is 27.7. The molecule has 3 aromatic carbocycles. The second kappa shape index (κ2) is 9.68. The van der Waals surface area contributed by atoms with Gasteiger partial charge in [-0.05, 0) is 55.5 Å². The number of aryl methyl sites for hydroxylation is 1. The number of ether oxygens (including phenoxy) is 1. The Morgan fingerprint density at radius 3 is 2.42 bits per heavy atom. The van der Waals surface area contributed by atoms with Gasteiger partial charge < -0.3 is 9.64 Å². The lowest BCUT2D eigenvalue weighted by Gasteiger charge is -2.28. The molecule has 0 saturated carbocycles. The Morgan fingerprint density at radius 1 is 1.00 bits per heavy atom. The van der Waals surface area contributed by atoms with Crippen LogP contribution in [0, 0.1) is 6.92 Å². The maximum atomic E-state index is 12.6. The number of carbonyl (C=O) groups excluding carboxylic acids is 2. The number of hydrogen-bond acceptors (Lipinski definition) is 6. The fourth-order valence-electron chi connectivity index (χ4n) is 3.32. The van der Waals surface area contributed by atoms with E-state index in [4.69, 9.17) is 4.74 Å². The number of hydrogen-bond donors (Lipinski definition) is 1. The predicted molar refractivity (Wildman–Crippen MR) is 128 cm³/mol. The summed E-state index contributed by atoms with van der Waals surface area (Å²) in [6.45, 7) is 2.06. The van der Waals surface area contributed by atoms with E-state index in [1.807, 2.05) is 31.2 Å².